The number of rotatable bonds is 11. The first-order chi connectivity index (χ1) is 12.7. The Morgan fingerprint density at radius 2 is 2.00 bits per heavy atom. The molecule has 0 aromatic heterocycles. The third-order valence-corrected chi connectivity index (χ3v) is 3.90. The van der Waals surface area contributed by atoms with E-state index in [1.54, 1.807) is 7.11 Å². The Balaban J connectivity index is 1.83. The van der Waals surface area contributed by atoms with Crippen LogP contribution in [0.15, 0.2) is 29.3 Å². The number of ether oxygens (including phenoxy) is 2. The van der Waals surface area contributed by atoms with Crippen LogP contribution in [0.25, 0.3) is 0 Å². The molecule has 1 aromatic rings. The highest BCUT2D eigenvalue weighted by Crippen LogP contribution is 2.18. The molecule has 1 aromatic carbocycles. The third-order valence-electron chi connectivity index (χ3n) is 3.90. The fourth-order valence-electron chi connectivity index (χ4n) is 2.27. The zero-order chi connectivity index (χ0) is 18.6. The van der Waals surface area contributed by atoms with E-state index >= 15 is 0 Å². The van der Waals surface area contributed by atoms with Gasteiger partial charge >= 0.3 is 0 Å². The number of hydrogen-bond donors (Lipinski definition) is 3. The molecule has 1 fully saturated rings. The van der Waals surface area contributed by atoms with Crippen LogP contribution >= 0.6 is 0 Å². The van der Waals surface area contributed by atoms with E-state index in [-0.39, 0.29) is 12.5 Å². The minimum Gasteiger partial charge on any atom is -0.497 e. The molecule has 144 valence electrons. The maximum atomic E-state index is 11.9. The van der Waals surface area contributed by atoms with Crippen molar-refractivity contribution in [2.75, 3.05) is 33.4 Å². The van der Waals surface area contributed by atoms with Crippen LogP contribution in [0, 0.1) is 0 Å². The molecule has 0 aliphatic heterocycles. The van der Waals surface area contributed by atoms with E-state index in [4.69, 9.17) is 9.47 Å². The topological polar surface area (TPSA) is 84.0 Å². The Hall–Kier alpha value is -2.28. The normalized spacial score (nSPS) is 14.0. The second kappa shape index (κ2) is 11.4. The molecule has 26 heavy (non-hydrogen) atoms. The average molecular weight is 362 g/mol. The molecule has 1 saturated carbocycles. The van der Waals surface area contributed by atoms with Gasteiger partial charge in [-0.1, -0.05) is 12.1 Å². The summed E-state index contributed by atoms with van der Waals surface area (Å²) in [5.74, 6) is 1.45. The Morgan fingerprint density at radius 3 is 2.65 bits per heavy atom. The molecule has 3 N–H and O–H groups in total. The minimum atomic E-state index is 0.000707. The average Bonchev–Trinajstić information content (AvgIpc) is 3.47. The van der Waals surface area contributed by atoms with Crippen molar-refractivity contribution in [3.63, 3.8) is 0 Å². The van der Waals surface area contributed by atoms with E-state index in [2.05, 4.69) is 20.9 Å². The number of nitrogens with zero attached hydrogens (tertiary/aromatic N) is 1. The maximum Gasteiger partial charge on any atom is 0.239 e. The number of nitrogens with one attached hydrogen (secondary N) is 3. The van der Waals surface area contributed by atoms with Gasteiger partial charge in [-0.3, -0.25) is 4.79 Å². The molecule has 0 saturated heterocycles. The van der Waals surface area contributed by atoms with Crippen molar-refractivity contribution in [3.05, 3.63) is 29.8 Å². The van der Waals surface area contributed by atoms with Crippen LogP contribution in [-0.2, 0) is 16.1 Å². The molecule has 1 amide bonds. The Labute approximate surface area is 155 Å². The number of aliphatic imine (C=N–C) groups is 1. The van der Waals surface area contributed by atoms with Crippen LogP contribution in [0.3, 0.4) is 0 Å². The highest BCUT2D eigenvalue weighted by molar-refractivity contribution is 5.86. The Kier molecular flexibility index (Phi) is 8.75. The van der Waals surface area contributed by atoms with Gasteiger partial charge in [-0.2, -0.15) is 0 Å². The summed E-state index contributed by atoms with van der Waals surface area (Å²) < 4.78 is 10.5. The van der Waals surface area contributed by atoms with Crippen LogP contribution in [0.1, 0.15) is 31.7 Å². The molecule has 1 aliphatic carbocycles. The van der Waals surface area contributed by atoms with Gasteiger partial charge in [0.15, 0.2) is 5.96 Å². The van der Waals surface area contributed by atoms with Crippen molar-refractivity contribution in [2.24, 2.45) is 4.99 Å². The summed E-state index contributed by atoms with van der Waals surface area (Å²) in [6.45, 7) is 4.88. The van der Waals surface area contributed by atoms with Crippen LogP contribution in [0.5, 0.6) is 5.75 Å². The lowest BCUT2D eigenvalue weighted by Gasteiger charge is -2.13. The van der Waals surface area contributed by atoms with Gasteiger partial charge in [0.25, 0.3) is 0 Å². The second-order valence-corrected chi connectivity index (χ2v) is 6.19. The van der Waals surface area contributed by atoms with Gasteiger partial charge in [0.2, 0.25) is 5.91 Å². The lowest BCUT2D eigenvalue weighted by molar-refractivity contribution is -0.120. The molecule has 0 atom stereocenters. The van der Waals surface area contributed by atoms with E-state index in [9.17, 15) is 4.79 Å². The summed E-state index contributed by atoms with van der Waals surface area (Å²) in [6.07, 6.45) is 3.05. The zero-order valence-electron chi connectivity index (χ0n) is 15.7. The molecule has 0 heterocycles. The number of hydrogen-bond acceptors (Lipinski definition) is 4. The van der Waals surface area contributed by atoms with Gasteiger partial charge < -0.3 is 25.4 Å². The SMILES string of the molecule is CCOCCCNC(=NCc1ccc(OC)cc1)NCC(=O)NC1CC1. The smallest absolute Gasteiger partial charge is 0.239 e. The van der Waals surface area contributed by atoms with Gasteiger partial charge in [-0.15, -0.1) is 0 Å². The summed E-state index contributed by atoms with van der Waals surface area (Å²) in [7, 11) is 1.65. The number of carbonyl (C=O) groups is 1. The largest absolute Gasteiger partial charge is 0.497 e. The molecule has 0 bridgehead atoms. The van der Waals surface area contributed by atoms with Gasteiger partial charge in [-0.05, 0) is 43.9 Å². The quantitative estimate of drug-likeness (QED) is 0.315. The first-order valence-electron chi connectivity index (χ1n) is 9.23. The number of amides is 1. The summed E-state index contributed by atoms with van der Waals surface area (Å²) in [6, 6.07) is 8.15. The third kappa shape index (κ3) is 8.20. The van der Waals surface area contributed by atoms with E-state index in [1.807, 2.05) is 31.2 Å². The summed E-state index contributed by atoms with van der Waals surface area (Å²) in [5, 5.41) is 9.31. The van der Waals surface area contributed by atoms with Gasteiger partial charge in [-0.25, -0.2) is 4.99 Å². The summed E-state index contributed by atoms with van der Waals surface area (Å²) in [5.41, 5.74) is 1.07. The minimum absolute atomic E-state index is 0.000707. The van der Waals surface area contributed by atoms with Gasteiger partial charge in [0, 0.05) is 25.8 Å². The zero-order valence-corrected chi connectivity index (χ0v) is 15.7. The predicted molar refractivity (Wildman–Crippen MR) is 102 cm³/mol. The standard InChI is InChI=1S/C19H30N4O3/c1-3-26-12-4-11-20-19(22-14-18(24)23-16-7-8-16)21-13-15-5-9-17(25-2)10-6-15/h5-6,9-10,16H,3-4,7-8,11-14H2,1-2H3,(H,23,24)(H2,20,21,22). The first-order valence-corrected chi connectivity index (χ1v) is 9.23. The van der Waals surface area contributed by atoms with Crippen molar-refractivity contribution in [2.45, 2.75) is 38.8 Å². The van der Waals surface area contributed by atoms with Crippen molar-refractivity contribution < 1.29 is 14.3 Å². The highest BCUT2D eigenvalue weighted by atomic mass is 16.5. The molecule has 1 aliphatic rings. The fraction of sp³-hybridized carbons (Fsp3) is 0.579. The van der Waals surface area contributed by atoms with Crippen LogP contribution < -0.4 is 20.7 Å². The molecule has 0 radical (unpaired) electrons. The molecule has 7 nitrogen and oxygen atoms in total. The van der Waals surface area contributed by atoms with Crippen molar-refractivity contribution in [3.8, 4) is 5.75 Å². The molecular weight excluding hydrogens is 332 g/mol. The van der Waals surface area contributed by atoms with Crippen molar-refractivity contribution >= 4 is 11.9 Å². The van der Waals surface area contributed by atoms with E-state index in [0.717, 1.165) is 43.7 Å². The van der Waals surface area contributed by atoms with Crippen LogP contribution in [0.4, 0.5) is 0 Å². The summed E-state index contributed by atoms with van der Waals surface area (Å²) in [4.78, 5) is 16.4. The molecule has 7 heteroatoms. The van der Waals surface area contributed by atoms with Gasteiger partial charge in [0.05, 0.1) is 20.2 Å². The Morgan fingerprint density at radius 1 is 1.23 bits per heavy atom. The van der Waals surface area contributed by atoms with Crippen molar-refractivity contribution in [1.82, 2.24) is 16.0 Å². The van der Waals surface area contributed by atoms with Crippen molar-refractivity contribution in [1.29, 1.82) is 0 Å². The first kappa shape index (κ1) is 20.0. The predicted octanol–water partition coefficient (Wildman–Crippen LogP) is 1.44. The van der Waals surface area contributed by atoms with E-state index in [0.29, 0.717) is 25.2 Å². The summed E-state index contributed by atoms with van der Waals surface area (Å²) >= 11 is 0. The molecule has 2 rings (SSSR count). The lowest BCUT2D eigenvalue weighted by Crippen LogP contribution is -2.44. The van der Waals surface area contributed by atoms with Crippen LogP contribution in [0.2, 0.25) is 0 Å². The van der Waals surface area contributed by atoms with Gasteiger partial charge in [0.1, 0.15) is 5.75 Å². The lowest BCUT2D eigenvalue weighted by atomic mass is 10.2. The van der Waals surface area contributed by atoms with Crippen LogP contribution in [-0.4, -0.2) is 51.3 Å². The highest BCUT2D eigenvalue weighted by Gasteiger charge is 2.22. The number of guanidine groups is 1. The van der Waals surface area contributed by atoms with E-state index in [1.165, 1.54) is 0 Å². The second-order valence-electron chi connectivity index (χ2n) is 6.19. The maximum absolute atomic E-state index is 11.9. The Bertz CT molecular complexity index is 571. The fourth-order valence-corrected chi connectivity index (χ4v) is 2.27. The molecule has 0 unspecified atom stereocenters. The molecule has 0 spiro atoms. The van der Waals surface area contributed by atoms with E-state index < -0.39 is 0 Å². The monoisotopic (exact) mass is 362 g/mol. The number of methoxy groups -OCH3 is 1. The number of benzene rings is 1. The molecular formula is C19H30N4O3. The number of carbonyl (C=O) groups excluding carboxylic acids is 1.